The molecule has 0 radical (unpaired) electrons. The van der Waals surface area contributed by atoms with Crippen molar-refractivity contribution in [2.24, 2.45) is 0 Å². The van der Waals surface area contributed by atoms with Gasteiger partial charge in [0.15, 0.2) is 6.10 Å². The number of methoxy groups -OCH3 is 1. The Morgan fingerprint density at radius 3 is 2.35 bits per heavy atom. The van der Waals surface area contributed by atoms with Gasteiger partial charge in [-0.25, -0.2) is 8.42 Å². The maximum Gasteiger partial charge on any atom is 0.265 e. The number of sulfonamides is 1. The molecule has 0 heterocycles. The van der Waals surface area contributed by atoms with Crippen LogP contribution >= 0.6 is 0 Å². The van der Waals surface area contributed by atoms with Crippen LogP contribution in [0.15, 0.2) is 42.5 Å². The standard InChI is InChI=1S/C18H22N2O5S/c1-12-5-8-15(9-6-12)25-13(2)18(21)19-14-7-10-16(17(11-14)24-3)20-26(4,22)23/h5-11,13,20H,1-4H3,(H,19,21). The fourth-order valence-corrected chi connectivity index (χ4v) is 2.74. The molecule has 0 aliphatic carbocycles. The molecule has 2 N–H and O–H groups in total. The summed E-state index contributed by atoms with van der Waals surface area (Å²) in [5, 5.41) is 2.72. The first-order valence-corrected chi connectivity index (χ1v) is 9.77. The molecule has 0 aliphatic heterocycles. The summed E-state index contributed by atoms with van der Waals surface area (Å²) in [6.45, 7) is 3.61. The summed E-state index contributed by atoms with van der Waals surface area (Å²) in [6, 6.07) is 12.0. The average Bonchev–Trinajstić information content (AvgIpc) is 2.57. The lowest BCUT2D eigenvalue weighted by Crippen LogP contribution is -2.30. The molecule has 0 saturated heterocycles. The molecule has 140 valence electrons. The Bertz CT molecular complexity index is 879. The fourth-order valence-electron chi connectivity index (χ4n) is 2.17. The van der Waals surface area contributed by atoms with Gasteiger partial charge in [0.1, 0.15) is 11.5 Å². The van der Waals surface area contributed by atoms with Crippen molar-refractivity contribution < 1.29 is 22.7 Å². The Labute approximate surface area is 153 Å². The van der Waals surface area contributed by atoms with Crippen LogP contribution in [0.25, 0.3) is 0 Å². The Morgan fingerprint density at radius 1 is 1.12 bits per heavy atom. The van der Waals surface area contributed by atoms with Crippen molar-refractivity contribution >= 4 is 27.3 Å². The molecular weight excluding hydrogens is 356 g/mol. The molecule has 8 heteroatoms. The van der Waals surface area contributed by atoms with Gasteiger partial charge >= 0.3 is 0 Å². The number of aryl methyl sites for hydroxylation is 1. The zero-order valence-electron chi connectivity index (χ0n) is 15.1. The van der Waals surface area contributed by atoms with E-state index < -0.39 is 16.1 Å². The lowest BCUT2D eigenvalue weighted by Gasteiger charge is -2.16. The van der Waals surface area contributed by atoms with Gasteiger partial charge in [-0.05, 0) is 38.1 Å². The van der Waals surface area contributed by atoms with Crippen LogP contribution in [0.5, 0.6) is 11.5 Å². The van der Waals surface area contributed by atoms with Crippen molar-refractivity contribution in [3.8, 4) is 11.5 Å². The molecule has 1 unspecified atom stereocenters. The van der Waals surface area contributed by atoms with E-state index in [9.17, 15) is 13.2 Å². The third kappa shape index (κ3) is 5.66. The van der Waals surface area contributed by atoms with E-state index in [4.69, 9.17) is 9.47 Å². The van der Waals surface area contributed by atoms with E-state index in [0.29, 0.717) is 17.2 Å². The van der Waals surface area contributed by atoms with Crippen molar-refractivity contribution in [1.82, 2.24) is 0 Å². The average molecular weight is 378 g/mol. The number of ether oxygens (including phenoxy) is 2. The van der Waals surface area contributed by atoms with E-state index in [1.807, 2.05) is 19.1 Å². The summed E-state index contributed by atoms with van der Waals surface area (Å²) in [7, 11) is -2.02. The summed E-state index contributed by atoms with van der Waals surface area (Å²) in [5.41, 5.74) is 1.85. The number of carbonyl (C=O) groups is 1. The van der Waals surface area contributed by atoms with Crippen LogP contribution in [0.3, 0.4) is 0 Å². The zero-order chi connectivity index (χ0) is 19.3. The third-order valence-electron chi connectivity index (χ3n) is 3.47. The van der Waals surface area contributed by atoms with Gasteiger partial charge in [0.2, 0.25) is 10.0 Å². The molecule has 0 spiro atoms. The smallest absolute Gasteiger partial charge is 0.265 e. The van der Waals surface area contributed by atoms with E-state index in [1.165, 1.54) is 19.2 Å². The van der Waals surface area contributed by atoms with Crippen LogP contribution in [-0.2, 0) is 14.8 Å². The third-order valence-corrected chi connectivity index (χ3v) is 4.06. The van der Waals surface area contributed by atoms with Gasteiger partial charge in [-0.1, -0.05) is 17.7 Å². The van der Waals surface area contributed by atoms with Crippen molar-refractivity contribution in [3.63, 3.8) is 0 Å². The number of rotatable bonds is 7. The first-order valence-electron chi connectivity index (χ1n) is 7.88. The number of carbonyl (C=O) groups excluding carboxylic acids is 1. The number of hydrogen-bond donors (Lipinski definition) is 2. The Balaban J connectivity index is 2.06. The second kappa shape index (κ2) is 8.09. The summed E-state index contributed by atoms with van der Waals surface area (Å²) in [4.78, 5) is 12.3. The zero-order valence-corrected chi connectivity index (χ0v) is 15.9. The van der Waals surface area contributed by atoms with Gasteiger partial charge < -0.3 is 14.8 Å². The van der Waals surface area contributed by atoms with Crippen LogP contribution in [0.2, 0.25) is 0 Å². The molecule has 0 aromatic heterocycles. The molecule has 0 fully saturated rings. The summed E-state index contributed by atoms with van der Waals surface area (Å²) >= 11 is 0. The second-order valence-electron chi connectivity index (χ2n) is 5.85. The van der Waals surface area contributed by atoms with E-state index in [2.05, 4.69) is 10.0 Å². The van der Waals surface area contributed by atoms with Crippen molar-refractivity contribution in [1.29, 1.82) is 0 Å². The molecular formula is C18H22N2O5S. The van der Waals surface area contributed by atoms with E-state index in [1.54, 1.807) is 25.1 Å². The predicted octanol–water partition coefficient (Wildman–Crippen LogP) is 2.78. The van der Waals surface area contributed by atoms with Crippen LogP contribution < -0.4 is 19.5 Å². The molecule has 26 heavy (non-hydrogen) atoms. The molecule has 0 saturated carbocycles. The quantitative estimate of drug-likeness (QED) is 0.773. The minimum atomic E-state index is -3.43. The monoisotopic (exact) mass is 378 g/mol. The van der Waals surface area contributed by atoms with E-state index in [-0.39, 0.29) is 11.6 Å². The van der Waals surface area contributed by atoms with Crippen LogP contribution in [-0.4, -0.2) is 33.8 Å². The fraction of sp³-hybridized carbons (Fsp3) is 0.278. The van der Waals surface area contributed by atoms with Crippen molar-refractivity contribution in [3.05, 3.63) is 48.0 Å². The molecule has 2 rings (SSSR count). The minimum Gasteiger partial charge on any atom is -0.494 e. The maximum absolute atomic E-state index is 12.3. The van der Waals surface area contributed by atoms with Gasteiger partial charge in [0, 0.05) is 11.8 Å². The highest BCUT2D eigenvalue weighted by Crippen LogP contribution is 2.28. The Kier molecular flexibility index (Phi) is 6.10. The van der Waals surface area contributed by atoms with Gasteiger partial charge in [-0.3, -0.25) is 9.52 Å². The molecule has 0 bridgehead atoms. The topological polar surface area (TPSA) is 93.7 Å². The number of hydrogen-bond acceptors (Lipinski definition) is 5. The molecule has 2 aromatic rings. The van der Waals surface area contributed by atoms with Gasteiger partial charge in [0.05, 0.1) is 19.1 Å². The van der Waals surface area contributed by atoms with Crippen LogP contribution in [0, 0.1) is 6.92 Å². The second-order valence-corrected chi connectivity index (χ2v) is 7.60. The molecule has 2 aromatic carbocycles. The highest BCUT2D eigenvalue weighted by atomic mass is 32.2. The summed E-state index contributed by atoms with van der Waals surface area (Å²) in [5.74, 6) is 0.556. The normalized spacial score (nSPS) is 12.2. The first kappa shape index (κ1) is 19.6. The predicted molar refractivity (Wildman–Crippen MR) is 101 cm³/mol. The number of nitrogens with one attached hydrogen (secondary N) is 2. The SMILES string of the molecule is COc1cc(NC(=O)C(C)Oc2ccc(C)cc2)ccc1NS(C)(=O)=O. The van der Waals surface area contributed by atoms with Gasteiger partial charge in [0.25, 0.3) is 5.91 Å². The lowest BCUT2D eigenvalue weighted by molar-refractivity contribution is -0.122. The first-order chi connectivity index (χ1) is 12.2. The van der Waals surface area contributed by atoms with Crippen molar-refractivity contribution in [2.75, 3.05) is 23.4 Å². The summed E-state index contributed by atoms with van der Waals surface area (Å²) in [6.07, 6.45) is 0.337. The maximum atomic E-state index is 12.3. The van der Waals surface area contributed by atoms with Gasteiger partial charge in [-0.15, -0.1) is 0 Å². The highest BCUT2D eigenvalue weighted by molar-refractivity contribution is 7.92. The van der Waals surface area contributed by atoms with Crippen LogP contribution in [0.4, 0.5) is 11.4 Å². The Morgan fingerprint density at radius 2 is 1.77 bits per heavy atom. The minimum absolute atomic E-state index is 0.289. The lowest BCUT2D eigenvalue weighted by atomic mass is 10.2. The number of amides is 1. The van der Waals surface area contributed by atoms with Crippen molar-refractivity contribution in [2.45, 2.75) is 20.0 Å². The number of benzene rings is 2. The summed E-state index contributed by atoms with van der Waals surface area (Å²) < 4.78 is 35.9. The van der Waals surface area contributed by atoms with Gasteiger partial charge in [-0.2, -0.15) is 0 Å². The van der Waals surface area contributed by atoms with E-state index >= 15 is 0 Å². The largest absolute Gasteiger partial charge is 0.494 e. The molecule has 7 nitrogen and oxygen atoms in total. The Hall–Kier alpha value is -2.74. The molecule has 0 aliphatic rings. The molecule has 1 atom stereocenters. The highest BCUT2D eigenvalue weighted by Gasteiger charge is 2.16. The van der Waals surface area contributed by atoms with Crippen LogP contribution in [0.1, 0.15) is 12.5 Å². The number of anilines is 2. The molecule has 1 amide bonds. The van der Waals surface area contributed by atoms with E-state index in [0.717, 1.165) is 11.8 Å².